The molecule has 3 rings (SSSR count). The quantitative estimate of drug-likeness (QED) is 0.880. The fourth-order valence-electron chi connectivity index (χ4n) is 2.83. The lowest BCUT2D eigenvalue weighted by Crippen LogP contribution is -2.35. The average Bonchev–Trinajstić information content (AvgIpc) is 2.90. The van der Waals surface area contributed by atoms with E-state index in [-0.39, 0.29) is 0 Å². The van der Waals surface area contributed by atoms with Crippen LogP contribution in [-0.4, -0.2) is 13.2 Å². The average molecular weight is 352 g/mol. The molecule has 0 radical (unpaired) electrons. The molecule has 2 heterocycles. The predicted octanol–water partition coefficient (Wildman–Crippen LogP) is 4.41. The standard InChI is InChI=1S/C16H18BrNOS/c1-2-18-16(13-9-20-10-14(13)17)12-7-11-5-3-4-6-15(11)19-8-12/h3-6,9-10,12,16,18H,2,7-8H2,1H3. The number of fused-ring (bicyclic) bond motifs is 1. The van der Waals surface area contributed by atoms with Crippen LogP contribution in [0.4, 0.5) is 0 Å². The molecule has 0 bridgehead atoms. The summed E-state index contributed by atoms with van der Waals surface area (Å²) in [7, 11) is 0. The minimum absolute atomic E-state index is 0.342. The lowest BCUT2D eigenvalue weighted by atomic mass is 9.87. The van der Waals surface area contributed by atoms with Gasteiger partial charge in [0.2, 0.25) is 0 Å². The SMILES string of the molecule is CCNC(c1cscc1Br)C1COc2ccccc2C1. The van der Waals surface area contributed by atoms with Gasteiger partial charge in [0, 0.05) is 21.8 Å². The Morgan fingerprint density at radius 3 is 3.00 bits per heavy atom. The Morgan fingerprint density at radius 1 is 1.40 bits per heavy atom. The van der Waals surface area contributed by atoms with Gasteiger partial charge in [-0.3, -0.25) is 0 Å². The first-order valence-electron chi connectivity index (χ1n) is 6.95. The highest BCUT2D eigenvalue weighted by molar-refractivity contribution is 9.10. The van der Waals surface area contributed by atoms with Crippen molar-refractivity contribution in [2.75, 3.05) is 13.2 Å². The third-order valence-electron chi connectivity index (χ3n) is 3.78. The van der Waals surface area contributed by atoms with Crippen molar-refractivity contribution in [2.24, 2.45) is 5.92 Å². The van der Waals surface area contributed by atoms with Gasteiger partial charge in [-0.1, -0.05) is 25.1 Å². The van der Waals surface area contributed by atoms with E-state index in [2.05, 4.69) is 57.1 Å². The zero-order valence-electron chi connectivity index (χ0n) is 11.4. The third-order valence-corrected chi connectivity index (χ3v) is 5.53. The largest absolute Gasteiger partial charge is 0.493 e. The molecular formula is C16H18BrNOS. The fraction of sp³-hybridized carbons (Fsp3) is 0.375. The summed E-state index contributed by atoms with van der Waals surface area (Å²) in [6, 6.07) is 8.71. The normalized spacial score (nSPS) is 19.2. The van der Waals surface area contributed by atoms with Crippen LogP contribution in [0.1, 0.15) is 24.1 Å². The van der Waals surface area contributed by atoms with Crippen LogP contribution in [-0.2, 0) is 6.42 Å². The van der Waals surface area contributed by atoms with Crippen LogP contribution in [0.3, 0.4) is 0 Å². The van der Waals surface area contributed by atoms with Crippen molar-refractivity contribution in [1.29, 1.82) is 0 Å². The lowest BCUT2D eigenvalue weighted by molar-refractivity contribution is 0.185. The summed E-state index contributed by atoms with van der Waals surface area (Å²) in [4.78, 5) is 0. The molecule has 1 aliphatic heterocycles. The molecule has 0 aliphatic carbocycles. The molecule has 2 unspecified atom stereocenters. The lowest BCUT2D eigenvalue weighted by Gasteiger charge is -2.32. The highest BCUT2D eigenvalue weighted by Gasteiger charge is 2.29. The molecule has 4 heteroatoms. The Balaban J connectivity index is 1.85. The van der Waals surface area contributed by atoms with Gasteiger partial charge in [-0.15, -0.1) is 0 Å². The number of hydrogen-bond donors (Lipinski definition) is 1. The van der Waals surface area contributed by atoms with E-state index in [0.717, 1.165) is 25.3 Å². The summed E-state index contributed by atoms with van der Waals surface area (Å²) in [6.07, 6.45) is 1.07. The number of nitrogens with one attached hydrogen (secondary N) is 1. The van der Waals surface area contributed by atoms with Gasteiger partial charge in [0.05, 0.1) is 6.61 Å². The van der Waals surface area contributed by atoms with Gasteiger partial charge < -0.3 is 10.1 Å². The molecule has 2 nitrogen and oxygen atoms in total. The van der Waals surface area contributed by atoms with Crippen molar-refractivity contribution in [1.82, 2.24) is 5.32 Å². The van der Waals surface area contributed by atoms with Crippen molar-refractivity contribution in [3.63, 3.8) is 0 Å². The molecule has 2 atom stereocenters. The molecule has 1 aromatic carbocycles. The first-order valence-corrected chi connectivity index (χ1v) is 8.69. The van der Waals surface area contributed by atoms with Crippen molar-refractivity contribution >= 4 is 27.3 Å². The third kappa shape index (κ3) is 2.78. The molecule has 106 valence electrons. The van der Waals surface area contributed by atoms with Gasteiger partial charge in [-0.25, -0.2) is 0 Å². The van der Waals surface area contributed by atoms with Crippen molar-refractivity contribution in [3.8, 4) is 5.75 Å². The molecule has 2 aromatic rings. The molecule has 20 heavy (non-hydrogen) atoms. The second-order valence-corrected chi connectivity index (χ2v) is 6.69. The number of ether oxygens (including phenoxy) is 1. The van der Waals surface area contributed by atoms with Gasteiger partial charge in [-0.2, -0.15) is 11.3 Å². The maximum Gasteiger partial charge on any atom is 0.122 e. The number of halogens is 1. The van der Waals surface area contributed by atoms with Crippen molar-refractivity contribution in [2.45, 2.75) is 19.4 Å². The van der Waals surface area contributed by atoms with E-state index in [9.17, 15) is 0 Å². The van der Waals surface area contributed by atoms with E-state index in [4.69, 9.17) is 4.74 Å². The monoisotopic (exact) mass is 351 g/mol. The Bertz CT molecular complexity index is 583. The van der Waals surface area contributed by atoms with Gasteiger partial charge in [-0.05, 0) is 51.5 Å². The van der Waals surface area contributed by atoms with Crippen LogP contribution < -0.4 is 10.1 Å². The second kappa shape index (κ2) is 6.29. The molecule has 0 amide bonds. The molecule has 1 aliphatic rings. The molecule has 0 spiro atoms. The molecule has 0 saturated heterocycles. The van der Waals surface area contributed by atoms with E-state index in [1.165, 1.54) is 15.6 Å². The fourth-order valence-corrected chi connectivity index (χ4v) is 4.41. The Morgan fingerprint density at radius 2 is 2.25 bits per heavy atom. The number of rotatable bonds is 4. The highest BCUT2D eigenvalue weighted by Crippen LogP contribution is 2.37. The summed E-state index contributed by atoms with van der Waals surface area (Å²) in [5.41, 5.74) is 2.67. The minimum Gasteiger partial charge on any atom is -0.493 e. The Labute approximate surface area is 132 Å². The molecule has 1 aromatic heterocycles. The van der Waals surface area contributed by atoms with E-state index < -0.39 is 0 Å². The van der Waals surface area contributed by atoms with Gasteiger partial charge in [0.25, 0.3) is 0 Å². The Kier molecular flexibility index (Phi) is 4.44. The van der Waals surface area contributed by atoms with E-state index >= 15 is 0 Å². The second-order valence-electron chi connectivity index (χ2n) is 5.09. The summed E-state index contributed by atoms with van der Waals surface area (Å²) in [5.74, 6) is 1.51. The van der Waals surface area contributed by atoms with Crippen molar-refractivity contribution < 1.29 is 4.74 Å². The van der Waals surface area contributed by atoms with E-state index in [1.807, 2.05) is 6.07 Å². The molecular weight excluding hydrogens is 334 g/mol. The summed E-state index contributed by atoms with van der Waals surface area (Å²) in [6.45, 7) is 3.90. The molecule has 0 fully saturated rings. The summed E-state index contributed by atoms with van der Waals surface area (Å²) in [5, 5.41) is 8.01. The van der Waals surface area contributed by atoms with E-state index in [1.54, 1.807) is 11.3 Å². The first kappa shape index (κ1) is 14.1. The van der Waals surface area contributed by atoms with Gasteiger partial charge in [0.15, 0.2) is 0 Å². The first-order chi connectivity index (χ1) is 9.79. The van der Waals surface area contributed by atoms with Crippen LogP contribution in [0, 0.1) is 5.92 Å². The summed E-state index contributed by atoms with van der Waals surface area (Å²) >= 11 is 5.41. The van der Waals surface area contributed by atoms with Gasteiger partial charge >= 0.3 is 0 Å². The van der Waals surface area contributed by atoms with Crippen LogP contribution >= 0.6 is 27.3 Å². The number of thiophene rings is 1. The Hall–Kier alpha value is -0.840. The zero-order valence-corrected chi connectivity index (χ0v) is 13.8. The summed E-state index contributed by atoms with van der Waals surface area (Å²) < 4.78 is 7.15. The maximum atomic E-state index is 5.95. The van der Waals surface area contributed by atoms with E-state index in [0.29, 0.717) is 12.0 Å². The predicted molar refractivity (Wildman–Crippen MR) is 87.6 cm³/mol. The number of para-hydroxylation sites is 1. The minimum atomic E-state index is 0.342. The van der Waals surface area contributed by atoms with Crippen molar-refractivity contribution in [3.05, 3.63) is 50.6 Å². The molecule has 1 N–H and O–H groups in total. The highest BCUT2D eigenvalue weighted by atomic mass is 79.9. The van der Waals surface area contributed by atoms with Crippen LogP contribution in [0.5, 0.6) is 5.75 Å². The van der Waals surface area contributed by atoms with Crippen LogP contribution in [0.15, 0.2) is 39.5 Å². The van der Waals surface area contributed by atoms with Gasteiger partial charge in [0.1, 0.15) is 5.75 Å². The number of hydrogen-bond acceptors (Lipinski definition) is 3. The topological polar surface area (TPSA) is 21.3 Å². The maximum absolute atomic E-state index is 5.95. The zero-order chi connectivity index (χ0) is 13.9. The molecule has 0 saturated carbocycles. The smallest absolute Gasteiger partial charge is 0.122 e. The van der Waals surface area contributed by atoms with Crippen LogP contribution in [0.2, 0.25) is 0 Å². The number of benzene rings is 1. The van der Waals surface area contributed by atoms with Crippen LogP contribution in [0.25, 0.3) is 0 Å².